The summed E-state index contributed by atoms with van der Waals surface area (Å²) < 4.78 is 32.2. The summed E-state index contributed by atoms with van der Waals surface area (Å²) in [6.45, 7) is 7.17. The first kappa shape index (κ1) is 16.3. The van der Waals surface area contributed by atoms with Gasteiger partial charge in [-0.25, -0.2) is 0 Å². The molecule has 1 atom stereocenters. The lowest BCUT2D eigenvalue weighted by Gasteiger charge is -2.15. The molecule has 0 radical (unpaired) electrons. The summed E-state index contributed by atoms with van der Waals surface area (Å²) in [5.74, 6) is 0. The second kappa shape index (κ2) is 9.33. The van der Waals surface area contributed by atoms with Gasteiger partial charge in [0.05, 0.1) is 6.61 Å². The lowest BCUT2D eigenvalue weighted by Crippen LogP contribution is -2.23. The summed E-state index contributed by atoms with van der Waals surface area (Å²) in [5.41, 5.74) is 0. The molecule has 0 rings (SSSR count). The molecule has 0 aliphatic rings. The van der Waals surface area contributed by atoms with Crippen LogP contribution < -0.4 is 0 Å². The summed E-state index contributed by atoms with van der Waals surface area (Å²) >= 11 is 0. The van der Waals surface area contributed by atoms with Crippen molar-refractivity contribution in [2.75, 3.05) is 33.6 Å². The Morgan fingerprint density at radius 2 is 1.75 bits per heavy atom. The summed E-state index contributed by atoms with van der Waals surface area (Å²) in [4.78, 5) is 0. The number of rotatable bonds is 10. The van der Waals surface area contributed by atoms with Gasteiger partial charge in [0.1, 0.15) is 0 Å². The van der Waals surface area contributed by atoms with Crippen LogP contribution in [0, 0.1) is 0 Å². The Hall–Kier alpha value is 0.287. The second-order valence-electron chi connectivity index (χ2n) is 3.27. The minimum atomic E-state index is -2.83. The van der Waals surface area contributed by atoms with Gasteiger partial charge in [0.2, 0.25) is 0 Å². The van der Waals surface area contributed by atoms with Gasteiger partial charge >= 0.3 is 16.9 Å². The molecular weight excluding hydrogens is 247 g/mol. The molecule has 0 fully saturated rings. The maximum absolute atomic E-state index is 11.4. The smallest absolute Gasteiger partial charge is 0.327 e. The molecular formula is C9H23O5PSi. The first-order chi connectivity index (χ1) is 7.55. The van der Waals surface area contributed by atoms with Crippen molar-refractivity contribution in [3.63, 3.8) is 0 Å². The third-order valence-corrected chi connectivity index (χ3v) is 5.55. The monoisotopic (exact) mass is 270 g/mol. The van der Waals surface area contributed by atoms with E-state index in [9.17, 15) is 4.57 Å². The van der Waals surface area contributed by atoms with Crippen LogP contribution in [0.25, 0.3) is 0 Å². The van der Waals surface area contributed by atoms with Crippen LogP contribution in [0.3, 0.4) is 0 Å². The molecule has 0 aromatic carbocycles. The van der Waals surface area contributed by atoms with Gasteiger partial charge in [-0.3, -0.25) is 4.57 Å². The number of hydrogen-bond donors (Lipinski definition) is 0. The van der Waals surface area contributed by atoms with Crippen molar-refractivity contribution in [1.29, 1.82) is 0 Å². The molecule has 0 aliphatic heterocycles. The van der Waals surface area contributed by atoms with E-state index < -0.39 is 16.9 Å². The van der Waals surface area contributed by atoms with Gasteiger partial charge in [-0.05, 0) is 26.3 Å². The maximum atomic E-state index is 11.4. The zero-order valence-electron chi connectivity index (χ0n) is 10.6. The molecule has 0 aromatic heterocycles. The fourth-order valence-corrected chi connectivity index (χ4v) is 3.36. The van der Waals surface area contributed by atoms with E-state index >= 15 is 0 Å². The van der Waals surface area contributed by atoms with Gasteiger partial charge in [-0.15, -0.1) is 0 Å². The molecule has 0 bridgehead atoms. The molecule has 0 amide bonds. The third kappa shape index (κ3) is 8.44. The molecule has 5 nitrogen and oxygen atoms in total. The summed E-state index contributed by atoms with van der Waals surface area (Å²) in [7, 11) is -2.98. The van der Waals surface area contributed by atoms with Gasteiger partial charge in [0.25, 0.3) is 0 Å². The van der Waals surface area contributed by atoms with E-state index in [2.05, 4.69) is 0 Å². The van der Waals surface area contributed by atoms with Gasteiger partial charge < -0.3 is 17.9 Å². The van der Waals surface area contributed by atoms with Crippen LogP contribution in [0.1, 0.15) is 20.3 Å². The minimum absolute atomic E-state index is 0.422. The average molecular weight is 270 g/mol. The van der Waals surface area contributed by atoms with E-state index in [4.69, 9.17) is 17.9 Å². The van der Waals surface area contributed by atoms with E-state index in [1.54, 1.807) is 0 Å². The van der Waals surface area contributed by atoms with Crippen LogP contribution in [0.5, 0.6) is 0 Å². The summed E-state index contributed by atoms with van der Waals surface area (Å²) in [6, 6.07) is 0.866. The molecule has 0 saturated carbocycles. The fourth-order valence-electron chi connectivity index (χ4n) is 1.12. The van der Waals surface area contributed by atoms with Crippen molar-refractivity contribution in [1.82, 2.24) is 0 Å². The van der Waals surface area contributed by atoms with Crippen LogP contribution in [0.4, 0.5) is 0 Å². The minimum Gasteiger partial charge on any atom is -0.397 e. The topological polar surface area (TPSA) is 54.0 Å². The van der Waals surface area contributed by atoms with Crippen LogP contribution in [-0.4, -0.2) is 42.9 Å². The average Bonchev–Trinajstić information content (AvgIpc) is 2.25. The first-order valence-electron chi connectivity index (χ1n) is 5.56. The molecule has 0 N–H and O–H groups in total. The SMILES string of the molecule is CCO[SiH](CCCOP(C)(=O)OC)OCC. The van der Waals surface area contributed by atoms with Crippen LogP contribution in [0.2, 0.25) is 6.04 Å². The zero-order valence-corrected chi connectivity index (χ0v) is 12.7. The lowest BCUT2D eigenvalue weighted by atomic mass is 10.5. The van der Waals surface area contributed by atoms with Crippen molar-refractivity contribution in [2.45, 2.75) is 26.3 Å². The van der Waals surface area contributed by atoms with Gasteiger partial charge in [-0.2, -0.15) is 0 Å². The van der Waals surface area contributed by atoms with Crippen LogP contribution in [0.15, 0.2) is 0 Å². The van der Waals surface area contributed by atoms with Crippen molar-refractivity contribution in [2.24, 2.45) is 0 Å². The molecule has 7 heteroatoms. The highest BCUT2D eigenvalue weighted by Gasteiger charge is 2.16. The van der Waals surface area contributed by atoms with E-state index in [0.717, 1.165) is 12.5 Å². The Morgan fingerprint density at radius 1 is 1.19 bits per heavy atom. The zero-order chi connectivity index (χ0) is 12.4. The first-order valence-corrected chi connectivity index (χ1v) is 9.31. The van der Waals surface area contributed by atoms with Crippen molar-refractivity contribution >= 4 is 16.9 Å². The van der Waals surface area contributed by atoms with Gasteiger partial charge in [-0.1, -0.05) is 0 Å². The summed E-state index contributed by atoms with van der Waals surface area (Å²) in [6.07, 6.45) is 0.790. The van der Waals surface area contributed by atoms with Crippen molar-refractivity contribution in [3.05, 3.63) is 0 Å². The molecule has 0 heterocycles. The Labute approximate surface area is 99.8 Å². The standard InChI is InChI=1S/C9H23O5PSi/c1-5-13-16(14-6-2)9-7-8-12-15(4,10)11-3/h16H,5-9H2,1-4H3. The Morgan fingerprint density at radius 3 is 2.19 bits per heavy atom. The normalized spacial score (nSPS) is 15.3. The Kier molecular flexibility index (Phi) is 9.50. The number of hydrogen-bond acceptors (Lipinski definition) is 5. The largest absolute Gasteiger partial charge is 0.397 e. The van der Waals surface area contributed by atoms with E-state index in [0.29, 0.717) is 19.8 Å². The molecule has 0 saturated heterocycles. The second-order valence-corrected chi connectivity index (χ2v) is 7.54. The molecule has 0 spiro atoms. The fraction of sp³-hybridized carbons (Fsp3) is 1.00. The van der Waals surface area contributed by atoms with E-state index in [1.165, 1.54) is 13.8 Å². The van der Waals surface area contributed by atoms with E-state index in [-0.39, 0.29) is 0 Å². The highest BCUT2D eigenvalue weighted by molar-refractivity contribution is 7.52. The molecule has 98 valence electrons. The quantitative estimate of drug-likeness (QED) is 0.346. The highest BCUT2D eigenvalue weighted by Crippen LogP contribution is 2.42. The molecule has 0 aromatic rings. The van der Waals surface area contributed by atoms with Gasteiger partial charge in [0, 0.05) is 27.0 Å². The van der Waals surface area contributed by atoms with Crippen molar-refractivity contribution < 1.29 is 22.5 Å². The predicted molar refractivity (Wildman–Crippen MR) is 66.3 cm³/mol. The Bertz CT molecular complexity index is 208. The maximum Gasteiger partial charge on any atom is 0.327 e. The lowest BCUT2D eigenvalue weighted by molar-refractivity contribution is 0.204. The van der Waals surface area contributed by atoms with E-state index in [1.807, 2.05) is 13.8 Å². The summed E-state index contributed by atoms with van der Waals surface area (Å²) in [5, 5.41) is 0. The highest BCUT2D eigenvalue weighted by atomic mass is 31.2. The van der Waals surface area contributed by atoms with Crippen molar-refractivity contribution in [3.8, 4) is 0 Å². The van der Waals surface area contributed by atoms with Gasteiger partial charge in [0.15, 0.2) is 0 Å². The van der Waals surface area contributed by atoms with Crippen LogP contribution in [-0.2, 0) is 22.5 Å². The molecule has 0 aliphatic carbocycles. The molecule has 16 heavy (non-hydrogen) atoms. The van der Waals surface area contributed by atoms with Crippen LogP contribution >= 0.6 is 7.60 Å². The molecule has 1 unspecified atom stereocenters. The third-order valence-electron chi connectivity index (χ3n) is 1.95. The predicted octanol–water partition coefficient (Wildman–Crippen LogP) is 2.16. The Balaban J connectivity index is 3.65.